The predicted octanol–water partition coefficient (Wildman–Crippen LogP) is 8.64. The van der Waals surface area contributed by atoms with Crippen LogP contribution in [0.4, 0.5) is 0 Å². The van der Waals surface area contributed by atoms with E-state index in [1.165, 1.54) is 16.7 Å². The first-order valence-electron chi connectivity index (χ1n) is 11.7. The average Bonchev–Trinajstić information content (AvgIpc) is 3.04. The zero-order valence-corrected chi connectivity index (χ0v) is 24.4. The quantitative estimate of drug-likeness (QED) is 0.196. The summed E-state index contributed by atoms with van der Waals surface area (Å²) in [6.07, 6.45) is 3.44. The molecular formula is C33H34O4Ti. The molecule has 0 heterocycles. The molecule has 38 heavy (non-hydrogen) atoms. The van der Waals surface area contributed by atoms with Gasteiger partial charge < -0.3 is 17.6 Å². The summed E-state index contributed by atoms with van der Waals surface area (Å²) in [4.78, 5) is 21.6. The van der Waals surface area contributed by atoms with Gasteiger partial charge in [-0.3, -0.25) is 6.08 Å². The smallest absolute Gasteiger partial charge is 0.478 e. The average molecular weight is 542 g/mol. The fraction of sp³-hybridized carbons (Fsp3) is 0.182. The van der Waals surface area contributed by atoms with Gasteiger partial charge in [0.25, 0.3) is 0 Å². The number of allylic oxidation sites excluding steroid dienone is 4. The molecule has 5 rings (SSSR count). The van der Waals surface area contributed by atoms with Crippen molar-refractivity contribution in [2.45, 2.75) is 34.6 Å². The second kappa shape index (κ2) is 13.9. The minimum Gasteiger partial charge on any atom is -0.478 e. The van der Waals surface area contributed by atoms with Gasteiger partial charge in [-0.25, -0.2) is 15.2 Å². The zero-order chi connectivity index (χ0) is 26.5. The topological polar surface area (TPSA) is 74.6 Å². The number of hydrogen-bond acceptors (Lipinski definition) is 2. The summed E-state index contributed by atoms with van der Waals surface area (Å²) in [6, 6.07) is 25.5. The standard InChI is InChI=1S/2C11H8O2.C10H15.CH3.Ti/c2*12-11(13)10-7-3-5-8-4-1-2-6-9(8)10;1-7-6-10(4,5)9(3)8(7)2;;/h2*1-7H,(H,12,13);1-5H3;1H3;/q;;2*-1;+2. The molecule has 0 saturated heterocycles. The van der Waals surface area contributed by atoms with Crippen molar-refractivity contribution < 1.29 is 41.5 Å². The Morgan fingerprint density at radius 2 is 1.03 bits per heavy atom. The predicted molar refractivity (Wildman–Crippen MR) is 153 cm³/mol. The van der Waals surface area contributed by atoms with Crippen LogP contribution in [0.3, 0.4) is 0 Å². The number of carboxylic acid groups (broad SMARTS) is 2. The number of rotatable bonds is 2. The van der Waals surface area contributed by atoms with Crippen molar-refractivity contribution in [2.24, 2.45) is 5.41 Å². The Bertz CT molecular complexity index is 1400. The Kier molecular flexibility index (Phi) is 11.9. The molecule has 4 aromatic rings. The first-order chi connectivity index (χ1) is 17.0. The van der Waals surface area contributed by atoms with Crippen molar-refractivity contribution in [3.63, 3.8) is 0 Å². The summed E-state index contributed by atoms with van der Waals surface area (Å²) in [5.41, 5.74) is 5.11. The normalized spacial score (nSPS) is 13.1. The molecule has 4 aromatic carbocycles. The van der Waals surface area contributed by atoms with Crippen LogP contribution in [0, 0.1) is 18.9 Å². The largest absolute Gasteiger partial charge is 2.00 e. The number of aromatic carboxylic acids is 2. The Balaban J connectivity index is 0.000000281. The van der Waals surface area contributed by atoms with Gasteiger partial charge in [0, 0.05) is 0 Å². The van der Waals surface area contributed by atoms with Gasteiger partial charge in [0.15, 0.2) is 0 Å². The van der Waals surface area contributed by atoms with E-state index in [1.807, 2.05) is 60.7 Å². The number of fused-ring (bicyclic) bond motifs is 2. The summed E-state index contributed by atoms with van der Waals surface area (Å²) in [5, 5.41) is 21.3. The molecule has 2 N–H and O–H groups in total. The second-order valence-corrected chi connectivity index (χ2v) is 9.29. The van der Waals surface area contributed by atoms with Crippen molar-refractivity contribution in [3.05, 3.63) is 126 Å². The second-order valence-electron chi connectivity index (χ2n) is 9.29. The Morgan fingerprint density at radius 1 is 0.658 bits per heavy atom. The third-order valence-corrected chi connectivity index (χ3v) is 6.60. The SMILES string of the molecule is CC1=[C-]C(C)(C)C(C)=C1C.O=C(O)c1cccc2ccccc12.O=C(O)c1cccc2ccccc12.[CH3-].[Ti+2]. The molecule has 0 radical (unpaired) electrons. The summed E-state index contributed by atoms with van der Waals surface area (Å²) in [5.74, 6) is -1.76. The van der Waals surface area contributed by atoms with Crippen molar-refractivity contribution in [1.82, 2.24) is 0 Å². The van der Waals surface area contributed by atoms with E-state index in [1.54, 1.807) is 24.3 Å². The molecule has 1 aliphatic rings. The molecule has 0 unspecified atom stereocenters. The van der Waals surface area contributed by atoms with Crippen LogP contribution < -0.4 is 0 Å². The van der Waals surface area contributed by atoms with Gasteiger partial charge >= 0.3 is 33.7 Å². The number of benzene rings is 4. The molecule has 0 bridgehead atoms. The minimum atomic E-state index is -0.878. The van der Waals surface area contributed by atoms with Crippen LogP contribution in [-0.2, 0) is 21.7 Å². The van der Waals surface area contributed by atoms with Crippen LogP contribution in [0.5, 0.6) is 0 Å². The molecule has 0 amide bonds. The van der Waals surface area contributed by atoms with Crippen LogP contribution in [-0.4, -0.2) is 22.2 Å². The number of hydrogen-bond donors (Lipinski definition) is 2. The molecule has 5 heteroatoms. The van der Waals surface area contributed by atoms with Crippen LogP contribution in [0.1, 0.15) is 55.3 Å². The molecule has 0 saturated carbocycles. The first-order valence-corrected chi connectivity index (χ1v) is 11.7. The van der Waals surface area contributed by atoms with Crippen molar-refractivity contribution in [3.8, 4) is 0 Å². The third-order valence-electron chi connectivity index (χ3n) is 6.60. The molecule has 0 aliphatic heterocycles. The zero-order valence-electron chi connectivity index (χ0n) is 22.8. The van der Waals surface area contributed by atoms with E-state index in [2.05, 4.69) is 40.7 Å². The molecule has 194 valence electrons. The number of carbonyl (C=O) groups is 2. The van der Waals surface area contributed by atoms with Crippen LogP contribution in [0.15, 0.2) is 102 Å². The molecule has 1 aliphatic carbocycles. The van der Waals surface area contributed by atoms with Gasteiger partial charge in [0.05, 0.1) is 11.1 Å². The van der Waals surface area contributed by atoms with E-state index in [0.717, 1.165) is 21.5 Å². The van der Waals surface area contributed by atoms with Crippen molar-refractivity contribution in [1.29, 1.82) is 0 Å². The maximum atomic E-state index is 10.8. The summed E-state index contributed by atoms with van der Waals surface area (Å²) in [6.45, 7) is 10.9. The summed E-state index contributed by atoms with van der Waals surface area (Å²) in [7, 11) is 0. The number of carboxylic acids is 2. The molecule has 0 fully saturated rings. The van der Waals surface area contributed by atoms with E-state index < -0.39 is 11.9 Å². The van der Waals surface area contributed by atoms with Gasteiger partial charge in [-0.2, -0.15) is 11.1 Å². The van der Waals surface area contributed by atoms with Gasteiger partial charge in [-0.15, -0.1) is 6.92 Å². The first kappa shape index (κ1) is 32.6. The van der Waals surface area contributed by atoms with Crippen molar-refractivity contribution >= 4 is 33.5 Å². The van der Waals surface area contributed by atoms with E-state index in [4.69, 9.17) is 10.2 Å². The van der Waals surface area contributed by atoms with Gasteiger partial charge in [0.2, 0.25) is 0 Å². The Hall–Kier alpha value is -3.47. The third kappa shape index (κ3) is 7.53. The molecule has 0 atom stereocenters. The Morgan fingerprint density at radius 3 is 1.32 bits per heavy atom. The fourth-order valence-electron chi connectivity index (χ4n) is 4.23. The van der Waals surface area contributed by atoms with E-state index in [-0.39, 0.29) is 34.6 Å². The summed E-state index contributed by atoms with van der Waals surface area (Å²) >= 11 is 0. The monoisotopic (exact) mass is 542 g/mol. The van der Waals surface area contributed by atoms with Crippen molar-refractivity contribution in [2.75, 3.05) is 0 Å². The van der Waals surface area contributed by atoms with E-state index in [0.29, 0.717) is 11.1 Å². The van der Waals surface area contributed by atoms with Crippen LogP contribution in [0.25, 0.3) is 21.5 Å². The molecule has 4 nitrogen and oxygen atoms in total. The van der Waals surface area contributed by atoms with E-state index >= 15 is 0 Å². The van der Waals surface area contributed by atoms with Crippen LogP contribution in [0.2, 0.25) is 0 Å². The maximum Gasteiger partial charge on any atom is 2.00 e. The van der Waals surface area contributed by atoms with E-state index in [9.17, 15) is 9.59 Å². The summed E-state index contributed by atoms with van der Waals surface area (Å²) < 4.78 is 0. The molecular weight excluding hydrogens is 508 g/mol. The Labute approximate surface area is 240 Å². The van der Waals surface area contributed by atoms with Gasteiger partial charge in [0.1, 0.15) is 0 Å². The maximum absolute atomic E-state index is 10.8. The molecule has 0 spiro atoms. The molecule has 0 aromatic heterocycles. The minimum absolute atomic E-state index is 0. The van der Waals surface area contributed by atoms with Gasteiger partial charge in [-0.1, -0.05) is 106 Å². The fourth-order valence-corrected chi connectivity index (χ4v) is 4.23. The van der Waals surface area contributed by atoms with Crippen LogP contribution >= 0.6 is 0 Å². The van der Waals surface area contributed by atoms with Gasteiger partial charge in [-0.05, 0) is 33.7 Å².